The van der Waals surface area contributed by atoms with Crippen LogP contribution in [-0.2, 0) is 6.54 Å². The van der Waals surface area contributed by atoms with Crippen molar-refractivity contribution in [2.24, 2.45) is 0 Å². The zero-order valence-corrected chi connectivity index (χ0v) is 8.93. The Hall–Kier alpha value is -2.41. The Balaban J connectivity index is 2.11. The minimum absolute atomic E-state index is 0.145. The number of benzene rings is 1. The van der Waals surface area contributed by atoms with Gasteiger partial charge in [0, 0.05) is 17.8 Å². The Morgan fingerprint density at radius 3 is 2.71 bits per heavy atom. The maximum atomic E-state index is 12.6. The van der Waals surface area contributed by atoms with E-state index in [2.05, 4.69) is 16.8 Å². The second-order valence-corrected chi connectivity index (χ2v) is 3.36. The van der Waals surface area contributed by atoms with Crippen LogP contribution < -0.4 is 5.56 Å². The van der Waals surface area contributed by atoms with Gasteiger partial charge in [0.2, 0.25) is 0 Å². The molecule has 2 aromatic rings. The SMILES string of the molecule is O=c1ccncn1CC#Cc1ccc(F)cc1. The Bertz CT molecular complexity index is 620. The zero-order valence-electron chi connectivity index (χ0n) is 8.93. The summed E-state index contributed by atoms with van der Waals surface area (Å²) >= 11 is 0. The van der Waals surface area contributed by atoms with E-state index >= 15 is 0 Å². The van der Waals surface area contributed by atoms with Crippen LogP contribution in [0, 0.1) is 17.7 Å². The highest BCUT2D eigenvalue weighted by atomic mass is 19.1. The molecule has 0 aliphatic carbocycles. The first-order valence-electron chi connectivity index (χ1n) is 5.00. The molecule has 0 saturated heterocycles. The van der Waals surface area contributed by atoms with Gasteiger partial charge in [0.1, 0.15) is 5.82 Å². The van der Waals surface area contributed by atoms with Gasteiger partial charge in [-0.1, -0.05) is 11.8 Å². The molecule has 3 nitrogen and oxygen atoms in total. The lowest BCUT2D eigenvalue weighted by molar-refractivity contribution is 0.627. The molecule has 0 radical (unpaired) electrons. The van der Waals surface area contributed by atoms with Crippen LogP contribution in [0.15, 0.2) is 47.7 Å². The molecular weight excluding hydrogens is 219 g/mol. The van der Waals surface area contributed by atoms with Gasteiger partial charge in [0.25, 0.3) is 5.56 Å². The van der Waals surface area contributed by atoms with E-state index in [0.29, 0.717) is 5.56 Å². The van der Waals surface area contributed by atoms with Gasteiger partial charge in [0.05, 0.1) is 12.9 Å². The largest absolute Gasteiger partial charge is 0.287 e. The molecule has 1 aromatic carbocycles. The summed E-state index contributed by atoms with van der Waals surface area (Å²) in [6, 6.07) is 7.25. The van der Waals surface area contributed by atoms with Crippen LogP contribution in [0.25, 0.3) is 0 Å². The van der Waals surface area contributed by atoms with Gasteiger partial charge in [-0.2, -0.15) is 0 Å². The van der Waals surface area contributed by atoms with Crippen molar-refractivity contribution in [3.8, 4) is 11.8 Å². The molecule has 0 fully saturated rings. The fourth-order valence-electron chi connectivity index (χ4n) is 1.26. The van der Waals surface area contributed by atoms with Crippen molar-refractivity contribution >= 4 is 0 Å². The lowest BCUT2D eigenvalue weighted by Crippen LogP contribution is -2.17. The molecule has 0 saturated carbocycles. The molecule has 0 amide bonds. The van der Waals surface area contributed by atoms with Crippen LogP contribution in [0.3, 0.4) is 0 Å². The van der Waals surface area contributed by atoms with Gasteiger partial charge >= 0.3 is 0 Å². The Morgan fingerprint density at radius 1 is 1.24 bits per heavy atom. The van der Waals surface area contributed by atoms with Crippen LogP contribution in [0.1, 0.15) is 5.56 Å². The highest BCUT2D eigenvalue weighted by Crippen LogP contribution is 2.00. The molecule has 17 heavy (non-hydrogen) atoms. The van der Waals surface area contributed by atoms with Crippen molar-refractivity contribution in [3.63, 3.8) is 0 Å². The van der Waals surface area contributed by atoms with Crippen molar-refractivity contribution < 1.29 is 4.39 Å². The lowest BCUT2D eigenvalue weighted by atomic mass is 10.2. The number of rotatable bonds is 1. The van der Waals surface area contributed by atoms with Crippen molar-refractivity contribution in [3.05, 3.63) is 64.6 Å². The summed E-state index contributed by atoms with van der Waals surface area (Å²) in [4.78, 5) is 15.1. The lowest BCUT2D eigenvalue weighted by Gasteiger charge is -1.96. The van der Waals surface area contributed by atoms with E-state index in [1.165, 1.54) is 35.3 Å². The first-order valence-corrected chi connectivity index (χ1v) is 5.00. The van der Waals surface area contributed by atoms with Gasteiger partial charge < -0.3 is 0 Å². The van der Waals surface area contributed by atoms with E-state index < -0.39 is 0 Å². The molecule has 0 spiro atoms. The molecular formula is C13H9FN2O. The van der Waals surface area contributed by atoms with Crippen LogP contribution in [-0.4, -0.2) is 9.55 Å². The summed E-state index contributed by atoms with van der Waals surface area (Å²) in [7, 11) is 0. The molecule has 0 bridgehead atoms. The van der Waals surface area contributed by atoms with E-state index in [0.717, 1.165) is 0 Å². The molecule has 0 N–H and O–H groups in total. The fraction of sp³-hybridized carbons (Fsp3) is 0.0769. The highest BCUT2D eigenvalue weighted by molar-refractivity contribution is 5.33. The average molecular weight is 228 g/mol. The predicted octanol–water partition coefficient (Wildman–Crippen LogP) is 1.43. The van der Waals surface area contributed by atoms with Crippen LogP contribution in [0.2, 0.25) is 0 Å². The van der Waals surface area contributed by atoms with E-state index in [1.807, 2.05) is 0 Å². The highest BCUT2D eigenvalue weighted by Gasteiger charge is 1.91. The molecule has 4 heteroatoms. The summed E-state index contributed by atoms with van der Waals surface area (Å²) in [6.45, 7) is 0.268. The minimum Gasteiger partial charge on any atom is -0.287 e. The number of hydrogen-bond acceptors (Lipinski definition) is 2. The first kappa shape index (κ1) is 11.1. The van der Waals surface area contributed by atoms with Crippen molar-refractivity contribution in [1.82, 2.24) is 9.55 Å². The average Bonchev–Trinajstić information content (AvgIpc) is 2.34. The third kappa shape index (κ3) is 3.02. The standard InChI is InChI=1S/C13H9FN2O/c14-12-5-3-11(4-6-12)2-1-9-16-10-15-8-7-13(16)17/h3-8,10H,9H2. The molecule has 0 unspecified atom stereocenters. The molecule has 1 aromatic heterocycles. The minimum atomic E-state index is -0.293. The monoisotopic (exact) mass is 228 g/mol. The number of nitrogens with zero attached hydrogens (tertiary/aromatic N) is 2. The number of hydrogen-bond donors (Lipinski definition) is 0. The Labute approximate surface area is 97.6 Å². The number of halogens is 1. The van der Waals surface area contributed by atoms with Gasteiger partial charge in [-0.15, -0.1) is 0 Å². The third-order valence-electron chi connectivity index (χ3n) is 2.12. The van der Waals surface area contributed by atoms with E-state index in [-0.39, 0.29) is 17.9 Å². The second-order valence-electron chi connectivity index (χ2n) is 3.36. The summed E-state index contributed by atoms with van der Waals surface area (Å²) < 4.78 is 14.0. The van der Waals surface area contributed by atoms with Crippen molar-refractivity contribution in [1.29, 1.82) is 0 Å². The van der Waals surface area contributed by atoms with Gasteiger partial charge in [-0.25, -0.2) is 9.37 Å². The summed E-state index contributed by atoms with van der Waals surface area (Å²) in [5.41, 5.74) is 0.566. The van der Waals surface area contributed by atoms with E-state index in [1.54, 1.807) is 12.1 Å². The van der Waals surface area contributed by atoms with E-state index in [4.69, 9.17) is 0 Å². The molecule has 1 heterocycles. The second kappa shape index (κ2) is 5.08. The normalized spacial score (nSPS) is 9.47. The van der Waals surface area contributed by atoms with Gasteiger partial charge in [0.15, 0.2) is 0 Å². The maximum Gasteiger partial charge on any atom is 0.254 e. The van der Waals surface area contributed by atoms with Gasteiger partial charge in [-0.05, 0) is 24.3 Å². The summed E-state index contributed by atoms with van der Waals surface area (Å²) in [5.74, 6) is 5.38. The fourth-order valence-corrected chi connectivity index (χ4v) is 1.26. The first-order chi connectivity index (χ1) is 8.25. The summed E-state index contributed by atoms with van der Waals surface area (Å²) in [6.07, 6.45) is 2.87. The predicted molar refractivity (Wildman–Crippen MR) is 61.8 cm³/mol. The van der Waals surface area contributed by atoms with Crippen LogP contribution in [0.5, 0.6) is 0 Å². The third-order valence-corrected chi connectivity index (χ3v) is 2.12. The zero-order chi connectivity index (χ0) is 12.1. The topological polar surface area (TPSA) is 34.9 Å². The summed E-state index contributed by atoms with van der Waals surface area (Å²) in [5, 5.41) is 0. The smallest absolute Gasteiger partial charge is 0.254 e. The maximum absolute atomic E-state index is 12.6. The molecule has 0 aliphatic heterocycles. The quantitative estimate of drug-likeness (QED) is 0.692. The van der Waals surface area contributed by atoms with Gasteiger partial charge in [-0.3, -0.25) is 9.36 Å². The molecule has 2 rings (SSSR count). The molecule has 84 valence electrons. The van der Waals surface area contributed by atoms with Crippen LogP contribution in [0.4, 0.5) is 4.39 Å². The Kier molecular flexibility index (Phi) is 3.31. The van der Waals surface area contributed by atoms with Crippen LogP contribution >= 0.6 is 0 Å². The molecule has 0 aliphatic rings. The molecule has 0 atom stereocenters. The van der Waals surface area contributed by atoms with Crippen molar-refractivity contribution in [2.75, 3.05) is 0 Å². The Morgan fingerprint density at radius 2 is 2.00 bits per heavy atom. The van der Waals surface area contributed by atoms with Crippen molar-refractivity contribution in [2.45, 2.75) is 6.54 Å². The van der Waals surface area contributed by atoms with E-state index in [9.17, 15) is 9.18 Å². The number of aromatic nitrogens is 2.